The van der Waals surface area contributed by atoms with Crippen LogP contribution in [0.15, 0.2) is 0 Å². The molecule has 6 bridgehead atoms. The Hall–Kier alpha value is -0.107. The van der Waals surface area contributed by atoms with Gasteiger partial charge in [-0.3, -0.25) is 0 Å². The molecule has 3 aliphatic heterocycles. The molecule has 0 aromatic heterocycles. The van der Waals surface area contributed by atoms with Gasteiger partial charge in [-0.15, -0.1) is 0 Å². The normalized spacial score (nSPS) is 51.3. The van der Waals surface area contributed by atoms with Crippen LogP contribution in [-0.4, -0.2) is 58.6 Å². The Kier molecular flexibility index (Phi) is 3.37. The van der Waals surface area contributed by atoms with Gasteiger partial charge in [-0.1, -0.05) is 0 Å². The van der Waals surface area contributed by atoms with Gasteiger partial charge in [0.25, 0.3) is 0 Å². The zero-order chi connectivity index (χ0) is 14.7. The molecule has 4 saturated carbocycles. The van der Waals surface area contributed by atoms with E-state index in [1.165, 1.54) is 38.5 Å². The summed E-state index contributed by atoms with van der Waals surface area (Å²) in [4.78, 5) is 15.2. The van der Waals surface area contributed by atoms with Crippen LogP contribution in [0, 0.1) is 23.2 Å². The summed E-state index contributed by atoms with van der Waals surface area (Å²) in [6.45, 7) is 3.04. The van der Waals surface area contributed by atoms with Crippen molar-refractivity contribution in [1.82, 2.24) is 4.90 Å². The van der Waals surface area contributed by atoms with Crippen LogP contribution in [0.25, 0.3) is 0 Å². The molecule has 1 radical (unpaired) electrons. The van der Waals surface area contributed by atoms with Crippen molar-refractivity contribution in [3.63, 3.8) is 0 Å². The molecule has 1 atom stereocenters. The van der Waals surface area contributed by atoms with E-state index in [4.69, 9.17) is 11.3 Å². The summed E-state index contributed by atoms with van der Waals surface area (Å²) in [5, 5.41) is 0. The van der Waals surface area contributed by atoms with Crippen molar-refractivity contribution in [1.29, 1.82) is 0 Å². The fourth-order valence-electron chi connectivity index (χ4n) is 6.40. The van der Waals surface area contributed by atoms with Gasteiger partial charge in [0.2, 0.25) is 0 Å². The van der Waals surface area contributed by atoms with Crippen molar-refractivity contribution in [2.24, 2.45) is 23.2 Å². The first-order valence-corrected chi connectivity index (χ1v) is 11.4. The number of rotatable bonds is 1. The first kappa shape index (κ1) is 14.3. The summed E-state index contributed by atoms with van der Waals surface area (Å²) < 4.78 is 17.0. The summed E-state index contributed by atoms with van der Waals surface area (Å²) in [6, 6.07) is -0.0313. The van der Waals surface area contributed by atoms with Crippen LogP contribution in [0.5, 0.6) is 0 Å². The SMILES string of the molecule is O=C1[O][Ge]2[O]CCN(CC[O]2)C1C12CC3CC(CC(C3)C1)C2. The van der Waals surface area contributed by atoms with Gasteiger partial charge >= 0.3 is 136 Å². The molecule has 4 aliphatic carbocycles. The Morgan fingerprint density at radius 3 is 2.05 bits per heavy atom. The molecule has 0 aromatic carbocycles. The van der Waals surface area contributed by atoms with Gasteiger partial charge in [0.15, 0.2) is 0 Å². The molecule has 0 aromatic rings. The minimum absolute atomic E-state index is 0.0312. The summed E-state index contributed by atoms with van der Waals surface area (Å²) >= 11 is -2.52. The number of hydrogen-bond donors (Lipinski definition) is 0. The maximum atomic E-state index is 12.9. The van der Waals surface area contributed by atoms with Crippen LogP contribution in [0.2, 0.25) is 0 Å². The van der Waals surface area contributed by atoms with E-state index in [0.717, 1.165) is 30.8 Å². The third-order valence-corrected chi connectivity index (χ3v) is 9.25. The molecule has 6 heteroatoms. The Labute approximate surface area is 136 Å². The topological polar surface area (TPSA) is 48.0 Å². The van der Waals surface area contributed by atoms with Crippen molar-refractivity contribution in [2.75, 3.05) is 26.3 Å². The van der Waals surface area contributed by atoms with Gasteiger partial charge in [0, 0.05) is 0 Å². The fourth-order valence-corrected chi connectivity index (χ4v) is 8.48. The molecule has 0 amide bonds. The second-order valence-electron chi connectivity index (χ2n) is 8.09. The molecule has 1 unspecified atom stereocenters. The number of carbonyl (C=O) groups is 1. The minimum atomic E-state index is -2.52. The van der Waals surface area contributed by atoms with Crippen LogP contribution in [0.1, 0.15) is 38.5 Å². The van der Waals surface area contributed by atoms with Crippen LogP contribution >= 0.6 is 0 Å². The average molecular weight is 367 g/mol. The third kappa shape index (κ3) is 2.19. The molecule has 0 N–H and O–H groups in total. The molecular formula is C16H24GeNO4. The van der Waals surface area contributed by atoms with E-state index in [1.54, 1.807) is 0 Å². The Bertz CT molecular complexity index is 439. The Balaban J connectivity index is 1.50. The second-order valence-corrected chi connectivity index (χ2v) is 10.8. The zero-order valence-electron chi connectivity index (χ0n) is 13.0. The van der Waals surface area contributed by atoms with Crippen LogP contribution in [0.3, 0.4) is 0 Å². The van der Waals surface area contributed by atoms with Crippen molar-refractivity contribution in [3.05, 3.63) is 0 Å². The molecule has 7 rings (SSSR count). The quantitative estimate of drug-likeness (QED) is 0.657. The molecule has 7 fully saturated rings. The van der Waals surface area contributed by atoms with E-state index >= 15 is 0 Å². The molecule has 0 spiro atoms. The maximum absolute atomic E-state index is 12.9. The standard InChI is InChI=1S/C16H24GeNO4/c19-15-14(18-1-3-20-17(22-15)21-4-2-18)16-8-11-5-12(9-16)7-13(6-11)10-16/h11-14H,1-10H2. The first-order valence-electron chi connectivity index (χ1n) is 8.80. The van der Waals surface area contributed by atoms with Gasteiger partial charge < -0.3 is 0 Å². The van der Waals surface area contributed by atoms with E-state index in [2.05, 4.69) is 4.90 Å². The predicted octanol–water partition coefficient (Wildman–Crippen LogP) is 1.46. The van der Waals surface area contributed by atoms with Gasteiger partial charge in [-0.05, 0) is 0 Å². The molecule has 3 heterocycles. The predicted molar refractivity (Wildman–Crippen MR) is 79.7 cm³/mol. The first-order chi connectivity index (χ1) is 10.7. The van der Waals surface area contributed by atoms with E-state index in [1.807, 2.05) is 0 Å². The van der Waals surface area contributed by atoms with E-state index in [0.29, 0.717) is 13.2 Å². The van der Waals surface area contributed by atoms with Crippen molar-refractivity contribution < 1.29 is 16.1 Å². The summed E-state index contributed by atoms with van der Waals surface area (Å²) in [7, 11) is 0. The van der Waals surface area contributed by atoms with Crippen LogP contribution < -0.4 is 0 Å². The van der Waals surface area contributed by atoms with Gasteiger partial charge in [-0.25, -0.2) is 0 Å². The zero-order valence-corrected chi connectivity index (χ0v) is 15.1. The number of hydrogen-bond acceptors (Lipinski definition) is 5. The monoisotopic (exact) mass is 368 g/mol. The summed E-state index contributed by atoms with van der Waals surface area (Å²) in [5.41, 5.74) is 0.184. The molecule has 22 heavy (non-hydrogen) atoms. The molecular weight excluding hydrogens is 343 g/mol. The van der Waals surface area contributed by atoms with Gasteiger partial charge in [0.05, 0.1) is 0 Å². The van der Waals surface area contributed by atoms with Crippen molar-refractivity contribution >= 4 is 21.3 Å². The Morgan fingerprint density at radius 1 is 0.955 bits per heavy atom. The van der Waals surface area contributed by atoms with Crippen molar-refractivity contribution in [2.45, 2.75) is 44.6 Å². The third-order valence-electron chi connectivity index (χ3n) is 6.63. The number of fused-ring (bicyclic) bond motifs is 6. The van der Waals surface area contributed by atoms with Crippen LogP contribution in [-0.2, 0) is 16.1 Å². The van der Waals surface area contributed by atoms with E-state index < -0.39 is 15.4 Å². The molecule has 3 saturated heterocycles. The van der Waals surface area contributed by atoms with E-state index in [9.17, 15) is 4.79 Å². The van der Waals surface area contributed by atoms with Gasteiger partial charge in [-0.2, -0.15) is 0 Å². The Morgan fingerprint density at radius 2 is 1.50 bits per heavy atom. The second kappa shape index (κ2) is 5.20. The molecule has 5 nitrogen and oxygen atoms in total. The van der Waals surface area contributed by atoms with Gasteiger partial charge in [0.1, 0.15) is 0 Å². The van der Waals surface area contributed by atoms with Crippen LogP contribution in [0.4, 0.5) is 0 Å². The fraction of sp³-hybridized carbons (Fsp3) is 0.938. The van der Waals surface area contributed by atoms with E-state index in [-0.39, 0.29) is 17.4 Å². The number of nitrogens with zero attached hydrogens (tertiary/aromatic N) is 1. The van der Waals surface area contributed by atoms with Crippen molar-refractivity contribution in [3.8, 4) is 0 Å². The molecule has 7 aliphatic rings. The summed E-state index contributed by atoms with van der Waals surface area (Å²) in [6.07, 6.45) is 7.95. The summed E-state index contributed by atoms with van der Waals surface area (Å²) in [5.74, 6) is 2.54. The number of carbonyl (C=O) groups excluding carboxylic acids is 1. The average Bonchev–Trinajstić information content (AvgIpc) is 2.38. The molecule has 121 valence electrons.